The van der Waals surface area contributed by atoms with Crippen molar-refractivity contribution in [3.8, 4) is 5.75 Å². The first-order chi connectivity index (χ1) is 15.3. The molecule has 0 aromatic heterocycles. The molecule has 32 heavy (non-hydrogen) atoms. The monoisotopic (exact) mass is 437 g/mol. The Morgan fingerprint density at radius 1 is 1.12 bits per heavy atom. The van der Waals surface area contributed by atoms with Crippen LogP contribution >= 0.6 is 0 Å². The average molecular weight is 437 g/mol. The molecule has 0 saturated heterocycles. The molecule has 3 N–H and O–H groups in total. The third kappa shape index (κ3) is 5.85. The summed E-state index contributed by atoms with van der Waals surface area (Å²) in [4.78, 5) is 23.4. The Labute approximate surface area is 185 Å². The Morgan fingerprint density at radius 2 is 1.88 bits per heavy atom. The molecule has 3 rings (SSSR count). The standard InChI is InChI=1S/C25H24FNO5/c1-16(7-2-5-12-23(29)30)24(18-13-14-22(28)20(26)15-18)32-25(31)27-21-11-6-9-17-8-3-4-10-19(17)21/h3-6,8-16,24,28H,2,7H2,1H3,(H,27,31)(H,29,30)/b12-5+/t16-,24-/m1/s1. The zero-order chi connectivity index (χ0) is 23.1. The highest BCUT2D eigenvalue weighted by Gasteiger charge is 2.25. The number of ether oxygens (including phenoxy) is 1. The molecule has 2 atom stereocenters. The number of aliphatic carboxylic acids is 1. The van der Waals surface area contributed by atoms with Gasteiger partial charge in [-0.3, -0.25) is 5.32 Å². The van der Waals surface area contributed by atoms with Crippen molar-refractivity contribution in [2.45, 2.75) is 25.9 Å². The van der Waals surface area contributed by atoms with Gasteiger partial charge in [0.05, 0.1) is 5.69 Å². The van der Waals surface area contributed by atoms with Crippen LogP contribution in [0.1, 0.15) is 31.4 Å². The van der Waals surface area contributed by atoms with Gasteiger partial charge in [0.15, 0.2) is 11.6 Å². The van der Waals surface area contributed by atoms with Gasteiger partial charge in [-0.1, -0.05) is 55.5 Å². The molecule has 3 aromatic rings. The number of carbonyl (C=O) groups is 2. The van der Waals surface area contributed by atoms with Gasteiger partial charge in [0, 0.05) is 11.5 Å². The maximum absolute atomic E-state index is 14.0. The number of carbonyl (C=O) groups excluding carboxylic acids is 1. The molecule has 0 fully saturated rings. The van der Waals surface area contributed by atoms with E-state index in [4.69, 9.17) is 9.84 Å². The number of benzene rings is 3. The van der Waals surface area contributed by atoms with Crippen molar-refractivity contribution in [2.24, 2.45) is 5.92 Å². The molecule has 7 heteroatoms. The van der Waals surface area contributed by atoms with E-state index in [-0.39, 0.29) is 5.92 Å². The number of carboxylic acids is 1. The molecule has 0 heterocycles. The number of phenols is 1. The Bertz CT molecular complexity index is 1140. The number of carboxylic acid groups (broad SMARTS) is 1. The molecule has 0 spiro atoms. The van der Waals surface area contributed by atoms with Gasteiger partial charge in [-0.15, -0.1) is 0 Å². The van der Waals surface area contributed by atoms with Crippen LogP contribution in [-0.4, -0.2) is 22.3 Å². The molecule has 0 aliphatic heterocycles. The lowest BCUT2D eigenvalue weighted by atomic mass is 9.93. The molecule has 3 aromatic carbocycles. The number of rotatable bonds is 8. The zero-order valence-electron chi connectivity index (χ0n) is 17.5. The van der Waals surface area contributed by atoms with Gasteiger partial charge in [0.25, 0.3) is 0 Å². The number of nitrogens with one attached hydrogen (secondary N) is 1. The quantitative estimate of drug-likeness (QED) is 0.374. The summed E-state index contributed by atoms with van der Waals surface area (Å²) in [5.74, 6) is -2.61. The van der Waals surface area contributed by atoms with Gasteiger partial charge in [0.1, 0.15) is 6.10 Å². The van der Waals surface area contributed by atoms with Crippen molar-refractivity contribution < 1.29 is 28.9 Å². The fourth-order valence-corrected chi connectivity index (χ4v) is 3.50. The predicted octanol–water partition coefficient (Wildman–Crippen LogP) is 6.03. The Balaban J connectivity index is 1.79. The molecular weight excluding hydrogens is 413 g/mol. The Morgan fingerprint density at radius 3 is 2.62 bits per heavy atom. The summed E-state index contributed by atoms with van der Waals surface area (Å²) in [5.41, 5.74) is 0.976. The minimum absolute atomic E-state index is 0.254. The van der Waals surface area contributed by atoms with Crippen LogP contribution in [0.5, 0.6) is 5.75 Å². The van der Waals surface area contributed by atoms with Gasteiger partial charge in [-0.25, -0.2) is 14.0 Å². The van der Waals surface area contributed by atoms with Gasteiger partial charge in [-0.05, 0) is 47.9 Å². The molecule has 0 bridgehead atoms. The van der Waals surface area contributed by atoms with Gasteiger partial charge in [-0.2, -0.15) is 0 Å². The van der Waals surface area contributed by atoms with E-state index < -0.39 is 29.7 Å². The number of aromatic hydroxyl groups is 1. The van der Waals surface area contributed by atoms with Crippen molar-refractivity contribution >= 4 is 28.5 Å². The third-order valence-corrected chi connectivity index (χ3v) is 5.13. The lowest BCUT2D eigenvalue weighted by molar-refractivity contribution is -0.131. The molecule has 0 unspecified atom stereocenters. The summed E-state index contributed by atoms with van der Waals surface area (Å²) < 4.78 is 19.7. The number of phenolic OH excluding ortho intramolecular Hbond substituents is 1. The summed E-state index contributed by atoms with van der Waals surface area (Å²) in [6.45, 7) is 1.83. The minimum atomic E-state index is -1.04. The molecule has 0 saturated carbocycles. The largest absolute Gasteiger partial charge is 0.505 e. The summed E-state index contributed by atoms with van der Waals surface area (Å²) in [6.07, 6.45) is 2.00. The highest BCUT2D eigenvalue weighted by atomic mass is 19.1. The maximum Gasteiger partial charge on any atom is 0.412 e. The fraction of sp³-hybridized carbons (Fsp3) is 0.200. The van der Waals surface area contributed by atoms with Gasteiger partial charge >= 0.3 is 12.1 Å². The summed E-state index contributed by atoms with van der Waals surface area (Å²) in [6, 6.07) is 16.9. The number of fused-ring (bicyclic) bond motifs is 1. The van der Waals surface area contributed by atoms with Crippen LogP contribution in [0, 0.1) is 11.7 Å². The van der Waals surface area contributed by atoms with E-state index >= 15 is 0 Å². The van der Waals surface area contributed by atoms with Crippen LogP contribution in [0.3, 0.4) is 0 Å². The van der Waals surface area contributed by atoms with Crippen molar-refractivity contribution in [3.63, 3.8) is 0 Å². The molecule has 166 valence electrons. The lowest BCUT2D eigenvalue weighted by Crippen LogP contribution is -2.22. The first kappa shape index (κ1) is 22.8. The van der Waals surface area contributed by atoms with Crippen LogP contribution in [0.15, 0.2) is 72.8 Å². The van der Waals surface area contributed by atoms with Crippen LogP contribution in [0.4, 0.5) is 14.9 Å². The number of allylic oxidation sites excluding steroid dienone is 1. The smallest absolute Gasteiger partial charge is 0.412 e. The second-order valence-electron chi connectivity index (χ2n) is 7.48. The minimum Gasteiger partial charge on any atom is -0.505 e. The van der Waals surface area contributed by atoms with E-state index in [9.17, 15) is 19.1 Å². The van der Waals surface area contributed by atoms with Crippen LogP contribution in [0.25, 0.3) is 10.8 Å². The topological polar surface area (TPSA) is 95.9 Å². The molecule has 0 aliphatic rings. The molecule has 0 aliphatic carbocycles. The zero-order valence-corrected chi connectivity index (χ0v) is 17.5. The number of hydrogen-bond donors (Lipinski definition) is 3. The van der Waals surface area contributed by atoms with Crippen molar-refractivity contribution in [3.05, 3.63) is 84.2 Å². The average Bonchev–Trinajstić information content (AvgIpc) is 2.77. The first-order valence-electron chi connectivity index (χ1n) is 10.2. The Hall–Kier alpha value is -3.87. The molecule has 0 radical (unpaired) electrons. The first-order valence-corrected chi connectivity index (χ1v) is 10.2. The van der Waals surface area contributed by atoms with Crippen molar-refractivity contribution in [1.82, 2.24) is 0 Å². The van der Waals surface area contributed by atoms with E-state index in [0.717, 1.165) is 22.9 Å². The van der Waals surface area contributed by atoms with E-state index in [2.05, 4.69) is 5.32 Å². The Kier molecular flexibility index (Phi) is 7.44. The van der Waals surface area contributed by atoms with E-state index in [0.29, 0.717) is 24.1 Å². The van der Waals surface area contributed by atoms with E-state index in [1.807, 2.05) is 43.3 Å². The van der Waals surface area contributed by atoms with Crippen LogP contribution < -0.4 is 5.32 Å². The fourth-order valence-electron chi connectivity index (χ4n) is 3.50. The summed E-state index contributed by atoms with van der Waals surface area (Å²) in [7, 11) is 0. The normalized spacial score (nSPS) is 13.1. The number of anilines is 1. The predicted molar refractivity (Wildman–Crippen MR) is 120 cm³/mol. The lowest BCUT2D eigenvalue weighted by Gasteiger charge is -2.25. The van der Waals surface area contributed by atoms with Gasteiger partial charge < -0.3 is 14.9 Å². The van der Waals surface area contributed by atoms with Gasteiger partial charge in [0.2, 0.25) is 0 Å². The highest BCUT2D eigenvalue weighted by Crippen LogP contribution is 2.32. The summed E-state index contributed by atoms with van der Waals surface area (Å²) >= 11 is 0. The second kappa shape index (κ2) is 10.4. The molecule has 1 amide bonds. The highest BCUT2D eigenvalue weighted by molar-refractivity contribution is 6.00. The van der Waals surface area contributed by atoms with Crippen LogP contribution in [0.2, 0.25) is 0 Å². The number of hydrogen-bond acceptors (Lipinski definition) is 4. The second-order valence-corrected chi connectivity index (χ2v) is 7.48. The SMILES string of the molecule is C[C@H](CC/C=C/C(=O)O)[C@@H](OC(=O)Nc1cccc2ccccc12)c1ccc(O)c(F)c1. The molecular formula is C25H24FNO5. The van der Waals surface area contributed by atoms with Crippen LogP contribution in [-0.2, 0) is 9.53 Å². The third-order valence-electron chi connectivity index (χ3n) is 5.13. The van der Waals surface area contributed by atoms with Crippen molar-refractivity contribution in [1.29, 1.82) is 0 Å². The van der Waals surface area contributed by atoms with E-state index in [1.54, 1.807) is 6.07 Å². The van der Waals surface area contributed by atoms with Crippen molar-refractivity contribution in [2.75, 3.05) is 5.32 Å². The maximum atomic E-state index is 14.0. The summed E-state index contributed by atoms with van der Waals surface area (Å²) in [5, 5.41) is 22.8. The van der Waals surface area contributed by atoms with E-state index in [1.165, 1.54) is 18.2 Å². The number of halogens is 1. The molecule has 6 nitrogen and oxygen atoms in total. The number of amides is 1.